The van der Waals surface area contributed by atoms with Crippen LogP contribution in [0.2, 0.25) is 0 Å². The third-order valence-corrected chi connectivity index (χ3v) is 3.68. The van der Waals surface area contributed by atoms with Gasteiger partial charge in [-0.25, -0.2) is 9.59 Å². The molecule has 0 saturated heterocycles. The molecule has 0 aromatic heterocycles. The van der Waals surface area contributed by atoms with Crippen molar-refractivity contribution in [3.05, 3.63) is 29.8 Å². The van der Waals surface area contributed by atoms with Gasteiger partial charge < -0.3 is 24.6 Å². The van der Waals surface area contributed by atoms with Gasteiger partial charge in [0.05, 0.1) is 7.11 Å². The summed E-state index contributed by atoms with van der Waals surface area (Å²) in [6, 6.07) is 7.10. The molecule has 1 rings (SSSR count). The largest absolute Gasteiger partial charge is 0.453 e. The highest BCUT2D eigenvalue weighted by Crippen LogP contribution is 2.12. The molecule has 0 atom stereocenters. The second-order valence-corrected chi connectivity index (χ2v) is 6.21. The zero-order chi connectivity index (χ0) is 19.7. The molecule has 8 nitrogen and oxygen atoms in total. The Morgan fingerprint density at radius 1 is 1.00 bits per heavy atom. The third-order valence-electron chi connectivity index (χ3n) is 3.68. The molecule has 0 spiro atoms. The van der Waals surface area contributed by atoms with Gasteiger partial charge in [-0.1, -0.05) is 26.0 Å². The van der Waals surface area contributed by atoms with Gasteiger partial charge >= 0.3 is 12.2 Å². The molecule has 144 valence electrons. The number of ether oxygens (including phenoxy) is 2. The van der Waals surface area contributed by atoms with Crippen molar-refractivity contribution in [2.24, 2.45) is 5.92 Å². The average molecular weight is 365 g/mol. The van der Waals surface area contributed by atoms with Crippen molar-refractivity contribution >= 4 is 23.8 Å². The monoisotopic (exact) mass is 365 g/mol. The van der Waals surface area contributed by atoms with Crippen LogP contribution in [0.4, 0.5) is 15.3 Å². The molecular weight excluding hydrogens is 338 g/mol. The van der Waals surface area contributed by atoms with Gasteiger partial charge in [-0.05, 0) is 17.7 Å². The number of methoxy groups -OCH3 is 1. The van der Waals surface area contributed by atoms with E-state index in [1.807, 2.05) is 13.8 Å². The van der Waals surface area contributed by atoms with Crippen LogP contribution < -0.4 is 5.32 Å². The van der Waals surface area contributed by atoms with Gasteiger partial charge in [-0.2, -0.15) is 0 Å². The van der Waals surface area contributed by atoms with E-state index in [9.17, 15) is 14.4 Å². The average Bonchev–Trinajstić information content (AvgIpc) is 2.63. The first-order valence-electron chi connectivity index (χ1n) is 8.31. The number of hydrogen-bond donors (Lipinski definition) is 1. The summed E-state index contributed by atoms with van der Waals surface area (Å²) in [4.78, 5) is 37.6. The number of nitrogens with one attached hydrogen (secondary N) is 1. The van der Waals surface area contributed by atoms with Crippen LogP contribution in [-0.2, 0) is 20.9 Å². The smallest absolute Gasteiger partial charge is 0.409 e. The maximum Gasteiger partial charge on any atom is 0.409 e. The van der Waals surface area contributed by atoms with E-state index in [1.165, 1.54) is 16.9 Å². The summed E-state index contributed by atoms with van der Waals surface area (Å²) in [5, 5.41) is 2.80. The Bertz CT molecular complexity index is 616. The van der Waals surface area contributed by atoms with E-state index in [0.717, 1.165) is 5.56 Å². The normalized spacial score (nSPS) is 10.2. The van der Waals surface area contributed by atoms with Crippen molar-refractivity contribution in [1.82, 2.24) is 9.80 Å². The summed E-state index contributed by atoms with van der Waals surface area (Å²) >= 11 is 0. The van der Waals surface area contributed by atoms with Crippen LogP contribution in [0.1, 0.15) is 19.4 Å². The molecule has 0 radical (unpaired) electrons. The quantitative estimate of drug-likeness (QED) is 0.802. The van der Waals surface area contributed by atoms with E-state index < -0.39 is 12.2 Å². The lowest BCUT2D eigenvalue weighted by Gasteiger charge is -2.21. The van der Waals surface area contributed by atoms with E-state index in [4.69, 9.17) is 4.74 Å². The minimum absolute atomic E-state index is 0.0530. The second kappa shape index (κ2) is 10.3. The molecule has 0 aliphatic carbocycles. The Labute approximate surface area is 154 Å². The van der Waals surface area contributed by atoms with Crippen LogP contribution in [-0.4, -0.2) is 62.2 Å². The molecule has 26 heavy (non-hydrogen) atoms. The Morgan fingerprint density at radius 3 is 2.04 bits per heavy atom. The molecule has 8 heteroatoms. The molecule has 3 amide bonds. The summed E-state index contributed by atoms with van der Waals surface area (Å²) < 4.78 is 9.82. The molecule has 1 N–H and O–H groups in total. The fraction of sp³-hybridized carbons (Fsp3) is 0.500. The third kappa shape index (κ3) is 7.00. The number of anilines is 1. The Balaban J connectivity index is 2.42. The van der Waals surface area contributed by atoms with Crippen molar-refractivity contribution in [3.63, 3.8) is 0 Å². The number of carbonyl (C=O) groups excluding carboxylic acids is 3. The minimum Gasteiger partial charge on any atom is -0.453 e. The van der Waals surface area contributed by atoms with Crippen LogP contribution in [0.5, 0.6) is 0 Å². The van der Waals surface area contributed by atoms with E-state index in [1.54, 1.807) is 38.4 Å². The molecule has 0 saturated carbocycles. The highest BCUT2D eigenvalue weighted by molar-refractivity contribution is 5.92. The number of rotatable bonds is 7. The Morgan fingerprint density at radius 2 is 1.54 bits per heavy atom. The first-order chi connectivity index (χ1) is 12.2. The molecule has 0 fully saturated rings. The predicted octanol–water partition coefficient (Wildman–Crippen LogP) is 2.55. The van der Waals surface area contributed by atoms with Gasteiger partial charge in [-0.3, -0.25) is 4.79 Å². The van der Waals surface area contributed by atoms with Crippen molar-refractivity contribution in [1.29, 1.82) is 0 Å². The zero-order valence-electron chi connectivity index (χ0n) is 15.9. The van der Waals surface area contributed by atoms with Gasteiger partial charge in [0, 0.05) is 38.8 Å². The zero-order valence-corrected chi connectivity index (χ0v) is 15.9. The molecule has 0 aliphatic rings. The lowest BCUT2D eigenvalue weighted by molar-refractivity contribution is -0.118. The standard InChI is InChI=1S/C18H27N3O5/c1-13(2)16(22)19-15-8-6-14(7-9-15)12-26-18(24)21(4)11-10-20(3)17(23)25-5/h6-9,13H,10-12H2,1-5H3,(H,19,22). The molecule has 1 aromatic carbocycles. The SMILES string of the molecule is COC(=O)N(C)CCN(C)C(=O)OCc1ccc(NC(=O)C(C)C)cc1. The van der Waals surface area contributed by atoms with Crippen LogP contribution >= 0.6 is 0 Å². The number of likely N-dealkylation sites (N-methyl/N-ethyl adjacent to an activating group) is 2. The van der Waals surface area contributed by atoms with Crippen LogP contribution in [0.3, 0.4) is 0 Å². The van der Waals surface area contributed by atoms with Gasteiger partial charge in [0.1, 0.15) is 6.61 Å². The summed E-state index contributed by atoms with van der Waals surface area (Å²) in [5.74, 6) is -0.146. The fourth-order valence-corrected chi connectivity index (χ4v) is 1.86. The molecular formula is C18H27N3O5. The number of carbonyl (C=O) groups is 3. The lowest BCUT2D eigenvalue weighted by Crippen LogP contribution is -2.37. The van der Waals surface area contributed by atoms with E-state index in [2.05, 4.69) is 10.1 Å². The topological polar surface area (TPSA) is 88.2 Å². The van der Waals surface area contributed by atoms with Crippen molar-refractivity contribution < 1.29 is 23.9 Å². The molecule has 0 heterocycles. The van der Waals surface area contributed by atoms with Gasteiger partial charge in [-0.15, -0.1) is 0 Å². The van der Waals surface area contributed by atoms with Gasteiger partial charge in [0.15, 0.2) is 0 Å². The van der Waals surface area contributed by atoms with Crippen molar-refractivity contribution in [3.8, 4) is 0 Å². The number of benzene rings is 1. The summed E-state index contributed by atoms with van der Waals surface area (Å²) in [5.41, 5.74) is 1.50. The van der Waals surface area contributed by atoms with Gasteiger partial charge in [0.2, 0.25) is 5.91 Å². The summed E-state index contributed by atoms with van der Waals surface area (Å²) in [6.45, 7) is 4.42. The lowest BCUT2D eigenvalue weighted by atomic mass is 10.2. The van der Waals surface area contributed by atoms with Crippen molar-refractivity contribution in [2.75, 3.05) is 39.6 Å². The van der Waals surface area contributed by atoms with Crippen LogP contribution in [0.25, 0.3) is 0 Å². The van der Waals surface area contributed by atoms with Crippen molar-refractivity contribution in [2.45, 2.75) is 20.5 Å². The molecule has 1 aromatic rings. The Kier molecular flexibility index (Phi) is 8.41. The van der Waals surface area contributed by atoms with Crippen LogP contribution in [0, 0.1) is 5.92 Å². The van der Waals surface area contributed by atoms with Gasteiger partial charge in [0.25, 0.3) is 0 Å². The number of amides is 3. The molecule has 0 unspecified atom stereocenters. The summed E-state index contributed by atoms with van der Waals surface area (Å²) in [6.07, 6.45) is -0.947. The van der Waals surface area contributed by atoms with E-state index in [-0.39, 0.29) is 18.4 Å². The molecule has 0 bridgehead atoms. The highest BCUT2D eigenvalue weighted by Gasteiger charge is 2.14. The number of hydrogen-bond acceptors (Lipinski definition) is 5. The van der Waals surface area contributed by atoms with E-state index in [0.29, 0.717) is 18.8 Å². The van der Waals surface area contributed by atoms with Crippen LogP contribution in [0.15, 0.2) is 24.3 Å². The fourth-order valence-electron chi connectivity index (χ4n) is 1.86. The number of nitrogens with zero attached hydrogens (tertiary/aromatic N) is 2. The maximum atomic E-state index is 12.0. The summed E-state index contributed by atoms with van der Waals surface area (Å²) in [7, 11) is 4.49. The predicted molar refractivity (Wildman–Crippen MR) is 97.8 cm³/mol. The highest BCUT2D eigenvalue weighted by atomic mass is 16.6. The first-order valence-corrected chi connectivity index (χ1v) is 8.31. The van der Waals surface area contributed by atoms with E-state index >= 15 is 0 Å². The minimum atomic E-state index is -0.486. The first kappa shape index (κ1) is 21.3. The second-order valence-electron chi connectivity index (χ2n) is 6.21. The molecule has 0 aliphatic heterocycles. The maximum absolute atomic E-state index is 12.0. The Hall–Kier alpha value is -2.77.